The van der Waals surface area contributed by atoms with Gasteiger partial charge in [-0.1, -0.05) is 42.5 Å². The first-order chi connectivity index (χ1) is 12.1. The molecule has 0 unspecified atom stereocenters. The second kappa shape index (κ2) is 7.76. The quantitative estimate of drug-likeness (QED) is 0.739. The van der Waals surface area contributed by atoms with E-state index in [1.165, 1.54) is 5.56 Å². The maximum Gasteiger partial charge on any atom is 0.278 e. The number of thiazole rings is 1. The summed E-state index contributed by atoms with van der Waals surface area (Å²) in [5, 5.41) is 3.06. The summed E-state index contributed by atoms with van der Waals surface area (Å²) in [5.74, 6) is 0.120. The molecular formula is C20H24N3OS+. The third-order valence-corrected chi connectivity index (χ3v) is 5.82. The smallest absolute Gasteiger partial charge is 0.278 e. The molecule has 0 spiro atoms. The van der Waals surface area contributed by atoms with Crippen molar-refractivity contribution >= 4 is 27.5 Å². The lowest BCUT2D eigenvalue weighted by molar-refractivity contribution is -0.683. The molecule has 0 aliphatic heterocycles. The van der Waals surface area contributed by atoms with Gasteiger partial charge in [0.05, 0.1) is 16.3 Å². The topological polar surface area (TPSA) is 49.8 Å². The number of nitrogens with zero attached hydrogens (tertiary/aromatic N) is 2. The fraction of sp³-hybridized carbons (Fsp3) is 0.300. The van der Waals surface area contributed by atoms with Crippen LogP contribution >= 0.6 is 11.3 Å². The predicted molar refractivity (Wildman–Crippen MR) is 102 cm³/mol. The van der Waals surface area contributed by atoms with Crippen LogP contribution in [0.25, 0.3) is 10.2 Å². The van der Waals surface area contributed by atoms with Crippen molar-refractivity contribution in [2.24, 2.45) is 0 Å². The van der Waals surface area contributed by atoms with Crippen molar-refractivity contribution in [3.8, 4) is 0 Å². The number of carbonyl (C=O) groups is 1. The van der Waals surface area contributed by atoms with E-state index >= 15 is 0 Å². The first kappa shape index (κ1) is 17.6. The third-order valence-electron chi connectivity index (χ3n) is 4.61. The Kier molecular flexibility index (Phi) is 5.46. The summed E-state index contributed by atoms with van der Waals surface area (Å²) >= 11 is 1.66. The Morgan fingerprint density at radius 3 is 2.52 bits per heavy atom. The number of aromatic nitrogens is 1. The van der Waals surface area contributed by atoms with E-state index in [-0.39, 0.29) is 18.0 Å². The molecule has 1 heterocycles. The number of hydrogen-bond acceptors (Lipinski definition) is 3. The standard InChI is InChI=1S/C20H23N3OS/c1-14(16-9-5-4-6-10-16)21-13-19(24)23(3)15(2)20-22-17-11-7-8-12-18(17)25-20/h4-12,14-15,21H,13H2,1-3H3/p+1/t14-,15-/m1/s1. The summed E-state index contributed by atoms with van der Waals surface area (Å²) in [6, 6.07) is 18.6. The normalized spacial score (nSPS) is 13.6. The van der Waals surface area contributed by atoms with Gasteiger partial charge >= 0.3 is 0 Å². The summed E-state index contributed by atoms with van der Waals surface area (Å²) < 4.78 is 1.16. The second-order valence-corrected chi connectivity index (χ2v) is 7.40. The molecule has 1 amide bonds. The van der Waals surface area contributed by atoms with Crippen LogP contribution in [0.1, 0.15) is 36.5 Å². The van der Waals surface area contributed by atoms with E-state index in [4.69, 9.17) is 0 Å². The molecule has 5 heteroatoms. The number of nitrogens with two attached hydrogens (primary N) is 1. The van der Waals surface area contributed by atoms with Crippen molar-refractivity contribution in [2.45, 2.75) is 25.9 Å². The highest BCUT2D eigenvalue weighted by molar-refractivity contribution is 7.18. The van der Waals surface area contributed by atoms with Gasteiger partial charge in [-0.15, -0.1) is 11.3 Å². The largest absolute Gasteiger partial charge is 0.333 e. The van der Waals surface area contributed by atoms with E-state index in [0.29, 0.717) is 6.54 Å². The summed E-state index contributed by atoms with van der Waals surface area (Å²) in [4.78, 5) is 19.1. The highest BCUT2D eigenvalue weighted by atomic mass is 32.1. The van der Waals surface area contributed by atoms with E-state index in [1.54, 1.807) is 16.2 Å². The number of hydrogen-bond donors (Lipinski definition) is 1. The van der Waals surface area contributed by atoms with Crippen LogP contribution in [0.3, 0.4) is 0 Å². The Bertz CT molecular complexity index is 813. The van der Waals surface area contributed by atoms with Crippen LogP contribution in [0.2, 0.25) is 0 Å². The zero-order chi connectivity index (χ0) is 17.8. The molecule has 1 aromatic heterocycles. The Morgan fingerprint density at radius 2 is 1.80 bits per heavy atom. The molecule has 2 aromatic carbocycles. The molecule has 2 N–H and O–H groups in total. The summed E-state index contributed by atoms with van der Waals surface area (Å²) in [6.45, 7) is 4.59. The molecule has 0 saturated heterocycles. The van der Waals surface area contributed by atoms with E-state index in [1.807, 2.05) is 50.4 Å². The van der Waals surface area contributed by atoms with E-state index in [0.717, 1.165) is 15.2 Å². The molecule has 0 bridgehead atoms. The zero-order valence-corrected chi connectivity index (χ0v) is 15.7. The average Bonchev–Trinajstić information content (AvgIpc) is 3.09. The number of para-hydroxylation sites is 1. The molecule has 4 nitrogen and oxygen atoms in total. The third kappa shape index (κ3) is 4.06. The van der Waals surface area contributed by atoms with Crippen LogP contribution in [0.5, 0.6) is 0 Å². The van der Waals surface area contributed by atoms with Crippen LogP contribution in [0.4, 0.5) is 0 Å². The van der Waals surface area contributed by atoms with Gasteiger partial charge in [0.1, 0.15) is 11.0 Å². The van der Waals surface area contributed by atoms with Crippen LogP contribution in [-0.2, 0) is 4.79 Å². The Morgan fingerprint density at radius 1 is 1.12 bits per heavy atom. The van der Waals surface area contributed by atoms with Crippen molar-refractivity contribution in [3.63, 3.8) is 0 Å². The van der Waals surface area contributed by atoms with Crippen LogP contribution in [0.15, 0.2) is 54.6 Å². The van der Waals surface area contributed by atoms with Gasteiger partial charge in [0, 0.05) is 12.6 Å². The SMILES string of the molecule is C[C@H](c1nc2ccccc2s1)N(C)C(=O)C[NH2+][C@H](C)c1ccccc1. The van der Waals surface area contributed by atoms with Crippen LogP contribution in [-0.4, -0.2) is 29.4 Å². The molecule has 0 fully saturated rings. The maximum absolute atomic E-state index is 12.6. The van der Waals surface area contributed by atoms with Crippen molar-refractivity contribution in [1.29, 1.82) is 0 Å². The summed E-state index contributed by atoms with van der Waals surface area (Å²) in [5.41, 5.74) is 2.23. The molecule has 3 rings (SSSR count). The number of benzene rings is 2. The van der Waals surface area contributed by atoms with Gasteiger partial charge < -0.3 is 10.2 Å². The lowest BCUT2D eigenvalue weighted by Gasteiger charge is -2.23. The zero-order valence-electron chi connectivity index (χ0n) is 14.8. The number of likely N-dealkylation sites (N-methyl/N-ethyl adjacent to an activating group) is 1. The van der Waals surface area contributed by atoms with Crippen molar-refractivity contribution in [1.82, 2.24) is 9.88 Å². The van der Waals surface area contributed by atoms with Crippen molar-refractivity contribution in [3.05, 3.63) is 65.2 Å². The number of carbonyl (C=O) groups excluding carboxylic acids is 1. The molecule has 130 valence electrons. The first-order valence-corrected chi connectivity index (χ1v) is 9.37. The molecule has 0 aliphatic rings. The Balaban J connectivity index is 1.61. The summed E-state index contributed by atoms with van der Waals surface area (Å²) in [7, 11) is 1.86. The second-order valence-electron chi connectivity index (χ2n) is 6.34. The Labute approximate surface area is 152 Å². The molecule has 3 aromatic rings. The van der Waals surface area contributed by atoms with Gasteiger partial charge in [-0.3, -0.25) is 4.79 Å². The molecular weight excluding hydrogens is 330 g/mol. The predicted octanol–water partition coefficient (Wildman–Crippen LogP) is 3.14. The number of fused-ring (bicyclic) bond motifs is 1. The average molecular weight is 354 g/mol. The highest BCUT2D eigenvalue weighted by Gasteiger charge is 2.22. The minimum absolute atomic E-state index is 0.0228. The molecule has 0 saturated carbocycles. The first-order valence-electron chi connectivity index (χ1n) is 8.55. The fourth-order valence-corrected chi connectivity index (χ4v) is 3.83. The lowest BCUT2D eigenvalue weighted by atomic mass is 10.1. The van der Waals surface area contributed by atoms with Crippen LogP contribution < -0.4 is 5.32 Å². The monoisotopic (exact) mass is 354 g/mol. The minimum atomic E-state index is -0.0228. The highest BCUT2D eigenvalue weighted by Crippen LogP contribution is 2.28. The van der Waals surface area contributed by atoms with Gasteiger partial charge in [-0.05, 0) is 26.0 Å². The molecule has 0 aliphatic carbocycles. The molecule has 25 heavy (non-hydrogen) atoms. The van der Waals surface area contributed by atoms with Crippen LogP contribution in [0, 0.1) is 0 Å². The number of rotatable bonds is 6. The molecule has 0 radical (unpaired) electrons. The van der Waals surface area contributed by atoms with Gasteiger partial charge in [0.15, 0.2) is 6.54 Å². The van der Waals surface area contributed by atoms with E-state index < -0.39 is 0 Å². The Hall–Kier alpha value is -2.24. The van der Waals surface area contributed by atoms with Crippen molar-refractivity contribution in [2.75, 3.05) is 13.6 Å². The molecule has 2 atom stereocenters. The van der Waals surface area contributed by atoms with E-state index in [9.17, 15) is 4.79 Å². The fourth-order valence-electron chi connectivity index (χ4n) is 2.76. The van der Waals surface area contributed by atoms with E-state index in [2.05, 4.69) is 35.4 Å². The van der Waals surface area contributed by atoms with Gasteiger partial charge in [0.2, 0.25) is 0 Å². The van der Waals surface area contributed by atoms with Gasteiger partial charge in [-0.2, -0.15) is 0 Å². The maximum atomic E-state index is 12.6. The lowest BCUT2D eigenvalue weighted by Crippen LogP contribution is -2.87. The number of amides is 1. The van der Waals surface area contributed by atoms with Gasteiger partial charge in [0.25, 0.3) is 5.91 Å². The minimum Gasteiger partial charge on any atom is -0.333 e. The van der Waals surface area contributed by atoms with Crippen molar-refractivity contribution < 1.29 is 10.1 Å². The van der Waals surface area contributed by atoms with Gasteiger partial charge in [-0.25, -0.2) is 4.98 Å². The number of quaternary nitrogens is 1. The summed E-state index contributed by atoms with van der Waals surface area (Å²) in [6.07, 6.45) is 0.